The fraction of sp³-hybridized carbons (Fsp3) is 0.0667. The van der Waals surface area contributed by atoms with Crippen LogP contribution in [0, 0.1) is 5.82 Å². The molecule has 0 atom stereocenters. The van der Waals surface area contributed by atoms with Gasteiger partial charge in [0.1, 0.15) is 17.3 Å². The molecule has 0 spiro atoms. The van der Waals surface area contributed by atoms with Crippen molar-refractivity contribution in [2.45, 2.75) is 6.92 Å². The molecule has 2 N–H and O–H groups in total. The lowest BCUT2D eigenvalue weighted by molar-refractivity contribution is 0.434. The van der Waals surface area contributed by atoms with Gasteiger partial charge in [-0.3, -0.25) is 0 Å². The lowest BCUT2D eigenvalue weighted by atomic mass is 10.2. The number of anilines is 1. The van der Waals surface area contributed by atoms with Crippen LogP contribution in [0.25, 0.3) is 6.08 Å². The van der Waals surface area contributed by atoms with Crippen molar-refractivity contribution in [1.82, 2.24) is 0 Å². The topological polar surface area (TPSA) is 35.2 Å². The smallest absolute Gasteiger partial charge is 0.149 e. The summed E-state index contributed by atoms with van der Waals surface area (Å²) >= 11 is 0. The fourth-order valence-electron chi connectivity index (χ4n) is 1.60. The van der Waals surface area contributed by atoms with E-state index in [1.54, 1.807) is 0 Å². The standard InChI is InChI=1S/C15H14FNO/c1-11(9-12-5-3-2-4-6-12)18-15-8-7-13(16)10-14(15)17/h2-10H,17H2,1H3. The molecule has 0 amide bonds. The molecule has 0 aromatic heterocycles. The van der Waals surface area contributed by atoms with Gasteiger partial charge in [0, 0.05) is 6.07 Å². The molecule has 2 aromatic carbocycles. The molecule has 0 aliphatic heterocycles. The van der Waals surface area contributed by atoms with Crippen molar-refractivity contribution < 1.29 is 9.13 Å². The normalized spacial score (nSPS) is 11.3. The van der Waals surface area contributed by atoms with E-state index in [2.05, 4.69) is 0 Å². The summed E-state index contributed by atoms with van der Waals surface area (Å²) in [6.07, 6.45) is 1.89. The van der Waals surface area contributed by atoms with Crippen molar-refractivity contribution in [2.24, 2.45) is 0 Å². The first-order valence-electron chi connectivity index (χ1n) is 5.61. The summed E-state index contributed by atoms with van der Waals surface area (Å²) in [6, 6.07) is 13.9. The van der Waals surface area contributed by atoms with Gasteiger partial charge in [0.25, 0.3) is 0 Å². The van der Waals surface area contributed by atoms with Crippen LogP contribution in [0.4, 0.5) is 10.1 Å². The van der Waals surface area contributed by atoms with Crippen molar-refractivity contribution in [3.8, 4) is 5.75 Å². The zero-order chi connectivity index (χ0) is 13.0. The van der Waals surface area contributed by atoms with Gasteiger partial charge in [-0.15, -0.1) is 0 Å². The Morgan fingerprint density at radius 2 is 1.89 bits per heavy atom. The van der Waals surface area contributed by atoms with Crippen LogP contribution in [0.2, 0.25) is 0 Å². The largest absolute Gasteiger partial charge is 0.460 e. The molecule has 0 aliphatic rings. The first-order valence-corrected chi connectivity index (χ1v) is 5.61. The molecule has 2 nitrogen and oxygen atoms in total. The van der Waals surface area contributed by atoms with Gasteiger partial charge in [-0.05, 0) is 30.7 Å². The van der Waals surface area contributed by atoms with Crippen LogP contribution in [0.5, 0.6) is 5.75 Å². The third-order valence-electron chi connectivity index (χ3n) is 2.41. The average Bonchev–Trinajstić information content (AvgIpc) is 2.34. The second-order valence-electron chi connectivity index (χ2n) is 3.95. The number of halogens is 1. The highest BCUT2D eigenvalue weighted by molar-refractivity contribution is 5.55. The summed E-state index contributed by atoms with van der Waals surface area (Å²) in [5.41, 5.74) is 7.00. The van der Waals surface area contributed by atoms with Gasteiger partial charge in [0.05, 0.1) is 5.69 Å². The fourth-order valence-corrected chi connectivity index (χ4v) is 1.60. The van der Waals surface area contributed by atoms with E-state index in [0.717, 1.165) is 5.56 Å². The Bertz CT molecular complexity index is 564. The maximum Gasteiger partial charge on any atom is 0.149 e. The molecule has 0 bridgehead atoms. The van der Waals surface area contributed by atoms with Gasteiger partial charge in [-0.25, -0.2) is 4.39 Å². The number of nitrogens with two attached hydrogens (primary N) is 1. The summed E-state index contributed by atoms with van der Waals surface area (Å²) < 4.78 is 18.5. The van der Waals surface area contributed by atoms with Crippen LogP contribution in [-0.4, -0.2) is 0 Å². The highest BCUT2D eigenvalue weighted by Crippen LogP contribution is 2.24. The molecule has 2 rings (SSSR count). The summed E-state index contributed by atoms with van der Waals surface area (Å²) in [4.78, 5) is 0. The van der Waals surface area contributed by atoms with E-state index < -0.39 is 0 Å². The second-order valence-corrected chi connectivity index (χ2v) is 3.95. The molecule has 0 unspecified atom stereocenters. The Morgan fingerprint density at radius 3 is 2.56 bits per heavy atom. The Kier molecular flexibility index (Phi) is 3.63. The molecule has 0 heterocycles. The lowest BCUT2D eigenvalue weighted by Crippen LogP contribution is -1.96. The molecular formula is C15H14FNO. The number of hydrogen-bond donors (Lipinski definition) is 1. The summed E-state index contributed by atoms with van der Waals surface area (Å²) in [5.74, 6) is 0.783. The van der Waals surface area contributed by atoms with Gasteiger partial charge in [0.15, 0.2) is 0 Å². The summed E-state index contributed by atoms with van der Waals surface area (Å²) in [5, 5.41) is 0. The van der Waals surface area contributed by atoms with Crippen LogP contribution in [0.1, 0.15) is 12.5 Å². The highest BCUT2D eigenvalue weighted by atomic mass is 19.1. The third kappa shape index (κ3) is 3.10. The maximum atomic E-state index is 12.9. The average molecular weight is 243 g/mol. The molecule has 2 aromatic rings. The number of nitrogen functional groups attached to an aromatic ring is 1. The minimum atomic E-state index is -0.371. The Morgan fingerprint density at radius 1 is 1.17 bits per heavy atom. The zero-order valence-electron chi connectivity index (χ0n) is 10.1. The molecule has 0 fully saturated rings. The van der Waals surface area contributed by atoms with Crippen LogP contribution in [0.3, 0.4) is 0 Å². The molecule has 0 saturated carbocycles. The third-order valence-corrected chi connectivity index (χ3v) is 2.41. The van der Waals surface area contributed by atoms with E-state index in [-0.39, 0.29) is 11.5 Å². The quantitative estimate of drug-likeness (QED) is 0.656. The highest BCUT2D eigenvalue weighted by Gasteiger charge is 2.02. The van der Waals surface area contributed by atoms with Crippen LogP contribution < -0.4 is 10.5 Å². The molecular weight excluding hydrogens is 229 g/mol. The van der Waals surface area contributed by atoms with E-state index >= 15 is 0 Å². The molecule has 0 radical (unpaired) electrons. The van der Waals surface area contributed by atoms with Crippen molar-refractivity contribution >= 4 is 11.8 Å². The predicted octanol–water partition coefficient (Wildman–Crippen LogP) is 3.85. The van der Waals surface area contributed by atoms with Crippen LogP contribution in [0.15, 0.2) is 54.3 Å². The monoisotopic (exact) mass is 243 g/mol. The number of ether oxygens (including phenoxy) is 1. The van der Waals surface area contributed by atoms with E-state index in [0.29, 0.717) is 11.5 Å². The molecule has 3 heteroatoms. The van der Waals surface area contributed by atoms with Gasteiger partial charge >= 0.3 is 0 Å². The molecule has 0 saturated heterocycles. The van der Waals surface area contributed by atoms with Gasteiger partial charge in [-0.1, -0.05) is 30.3 Å². The van der Waals surface area contributed by atoms with E-state index in [4.69, 9.17) is 10.5 Å². The number of benzene rings is 2. The number of hydrogen-bond acceptors (Lipinski definition) is 2. The lowest BCUT2D eigenvalue weighted by Gasteiger charge is -2.08. The molecule has 92 valence electrons. The Balaban J connectivity index is 2.16. The Hall–Kier alpha value is -2.29. The van der Waals surface area contributed by atoms with Crippen molar-refractivity contribution in [3.05, 3.63) is 65.7 Å². The Labute approximate surface area is 106 Å². The summed E-state index contributed by atoms with van der Waals surface area (Å²) in [6.45, 7) is 1.83. The van der Waals surface area contributed by atoms with Crippen molar-refractivity contribution in [3.63, 3.8) is 0 Å². The van der Waals surface area contributed by atoms with E-state index in [9.17, 15) is 4.39 Å². The zero-order valence-corrected chi connectivity index (χ0v) is 10.1. The molecule has 0 aliphatic carbocycles. The van der Waals surface area contributed by atoms with Gasteiger partial charge in [-0.2, -0.15) is 0 Å². The molecule has 18 heavy (non-hydrogen) atoms. The predicted molar refractivity (Wildman–Crippen MR) is 71.5 cm³/mol. The first-order chi connectivity index (χ1) is 8.65. The van der Waals surface area contributed by atoms with E-state index in [1.807, 2.05) is 43.3 Å². The minimum absolute atomic E-state index is 0.288. The van der Waals surface area contributed by atoms with Crippen molar-refractivity contribution in [1.29, 1.82) is 0 Å². The first kappa shape index (κ1) is 12.2. The van der Waals surface area contributed by atoms with E-state index in [1.165, 1.54) is 18.2 Å². The van der Waals surface area contributed by atoms with Gasteiger partial charge < -0.3 is 10.5 Å². The maximum absolute atomic E-state index is 12.9. The minimum Gasteiger partial charge on any atom is -0.460 e. The van der Waals surface area contributed by atoms with Gasteiger partial charge in [0.2, 0.25) is 0 Å². The van der Waals surface area contributed by atoms with Crippen LogP contribution in [-0.2, 0) is 0 Å². The number of rotatable bonds is 3. The second kappa shape index (κ2) is 5.36. The van der Waals surface area contributed by atoms with Crippen molar-refractivity contribution in [2.75, 3.05) is 5.73 Å². The van der Waals surface area contributed by atoms with Crippen LogP contribution >= 0.6 is 0 Å². The SMILES string of the molecule is CC(=Cc1ccccc1)Oc1ccc(F)cc1N. The summed E-state index contributed by atoms with van der Waals surface area (Å²) in [7, 11) is 0. The number of allylic oxidation sites excluding steroid dienone is 1.